The van der Waals surface area contributed by atoms with Crippen LogP contribution >= 0.6 is 11.6 Å². The Balaban J connectivity index is 2.61. The summed E-state index contributed by atoms with van der Waals surface area (Å²) in [5.74, 6) is 0.277. The number of benzene rings is 1. The number of rotatable bonds is 6. The van der Waals surface area contributed by atoms with Gasteiger partial charge in [-0.2, -0.15) is 0 Å². The number of anilines is 1. The Labute approximate surface area is 119 Å². The summed E-state index contributed by atoms with van der Waals surface area (Å²) in [5.41, 5.74) is 7.23. The van der Waals surface area contributed by atoms with Gasteiger partial charge in [0.2, 0.25) is 5.91 Å². The van der Waals surface area contributed by atoms with E-state index >= 15 is 0 Å². The molecule has 0 aliphatic heterocycles. The third kappa shape index (κ3) is 5.09. The predicted molar refractivity (Wildman–Crippen MR) is 78.0 cm³/mol. The molecule has 1 unspecified atom stereocenters. The lowest BCUT2D eigenvalue weighted by molar-refractivity contribution is -0.131. The summed E-state index contributed by atoms with van der Waals surface area (Å²) in [5, 5.41) is 0.624. The lowest BCUT2D eigenvalue weighted by atomic mass is 10.1. The molecule has 5 heteroatoms. The molecule has 19 heavy (non-hydrogen) atoms. The van der Waals surface area contributed by atoms with Crippen molar-refractivity contribution in [1.82, 2.24) is 4.90 Å². The Morgan fingerprint density at radius 2 is 2.21 bits per heavy atom. The van der Waals surface area contributed by atoms with E-state index in [1.54, 1.807) is 37.3 Å². The number of methoxy groups -OCH3 is 1. The molecular weight excluding hydrogens is 264 g/mol. The lowest BCUT2D eigenvalue weighted by Gasteiger charge is -2.20. The van der Waals surface area contributed by atoms with Crippen molar-refractivity contribution in [2.75, 3.05) is 26.5 Å². The molecule has 0 saturated carbocycles. The standard InChI is InChI=1S/C14H21ClN2O2/c1-10(9-19-3)6-14(18)17(2)8-11-7-12(16)4-5-13(11)15/h4-5,7,10H,6,8-9,16H2,1-3H3. The maximum absolute atomic E-state index is 12.0. The van der Waals surface area contributed by atoms with Crippen LogP contribution in [-0.4, -0.2) is 31.6 Å². The van der Waals surface area contributed by atoms with Gasteiger partial charge >= 0.3 is 0 Å². The van der Waals surface area contributed by atoms with Crippen molar-refractivity contribution < 1.29 is 9.53 Å². The Morgan fingerprint density at radius 3 is 2.84 bits per heavy atom. The number of halogens is 1. The van der Waals surface area contributed by atoms with Gasteiger partial charge in [-0.05, 0) is 29.7 Å². The van der Waals surface area contributed by atoms with E-state index in [0.717, 1.165) is 5.56 Å². The second-order valence-corrected chi connectivity index (χ2v) is 5.27. The van der Waals surface area contributed by atoms with Gasteiger partial charge in [-0.25, -0.2) is 0 Å². The van der Waals surface area contributed by atoms with Crippen LogP contribution in [0.1, 0.15) is 18.9 Å². The van der Waals surface area contributed by atoms with Crippen LogP contribution in [-0.2, 0) is 16.1 Å². The fraction of sp³-hybridized carbons (Fsp3) is 0.500. The van der Waals surface area contributed by atoms with E-state index in [0.29, 0.717) is 30.3 Å². The third-order valence-electron chi connectivity index (χ3n) is 2.88. The summed E-state index contributed by atoms with van der Waals surface area (Å²) in [7, 11) is 3.40. The molecule has 1 aromatic rings. The van der Waals surface area contributed by atoms with E-state index < -0.39 is 0 Å². The molecule has 106 valence electrons. The molecule has 0 heterocycles. The van der Waals surface area contributed by atoms with Crippen LogP contribution in [0.2, 0.25) is 5.02 Å². The highest BCUT2D eigenvalue weighted by atomic mass is 35.5. The van der Waals surface area contributed by atoms with Crippen LogP contribution in [0.25, 0.3) is 0 Å². The second-order valence-electron chi connectivity index (χ2n) is 4.87. The van der Waals surface area contributed by atoms with E-state index in [1.165, 1.54) is 0 Å². The zero-order chi connectivity index (χ0) is 14.4. The van der Waals surface area contributed by atoms with Crippen molar-refractivity contribution in [3.63, 3.8) is 0 Å². The molecule has 0 aromatic heterocycles. The average Bonchev–Trinajstić information content (AvgIpc) is 2.34. The fourth-order valence-electron chi connectivity index (χ4n) is 1.86. The minimum Gasteiger partial charge on any atom is -0.399 e. The predicted octanol–water partition coefficient (Wildman–Crippen LogP) is 2.55. The Hall–Kier alpha value is -1.26. The number of nitrogen functional groups attached to an aromatic ring is 1. The van der Waals surface area contributed by atoms with E-state index in [2.05, 4.69) is 0 Å². The van der Waals surface area contributed by atoms with Crippen molar-refractivity contribution in [2.24, 2.45) is 5.92 Å². The van der Waals surface area contributed by atoms with Crippen molar-refractivity contribution in [3.05, 3.63) is 28.8 Å². The minimum atomic E-state index is 0.0723. The third-order valence-corrected chi connectivity index (χ3v) is 3.25. The number of hydrogen-bond donors (Lipinski definition) is 1. The fourth-order valence-corrected chi connectivity index (χ4v) is 2.03. The van der Waals surface area contributed by atoms with Crippen LogP contribution in [0.3, 0.4) is 0 Å². The zero-order valence-corrected chi connectivity index (χ0v) is 12.4. The summed E-state index contributed by atoms with van der Waals surface area (Å²) in [6.07, 6.45) is 0.463. The highest BCUT2D eigenvalue weighted by Gasteiger charge is 2.14. The topological polar surface area (TPSA) is 55.6 Å². The molecule has 4 nitrogen and oxygen atoms in total. The maximum Gasteiger partial charge on any atom is 0.222 e. The molecule has 2 N–H and O–H groups in total. The first-order chi connectivity index (χ1) is 8.93. The van der Waals surface area contributed by atoms with Gasteiger partial charge < -0.3 is 15.4 Å². The molecule has 0 fully saturated rings. The SMILES string of the molecule is COCC(C)CC(=O)N(C)Cc1cc(N)ccc1Cl. The van der Waals surface area contributed by atoms with Crippen LogP contribution in [0, 0.1) is 5.92 Å². The molecule has 1 amide bonds. The summed E-state index contributed by atoms with van der Waals surface area (Å²) >= 11 is 6.09. The molecule has 1 rings (SSSR count). The van der Waals surface area contributed by atoms with Gasteiger partial charge in [-0.1, -0.05) is 18.5 Å². The molecule has 0 bridgehead atoms. The van der Waals surface area contributed by atoms with Crippen molar-refractivity contribution in [1.29, 1.82) is 0 Å². The Bertz CT molecular complexity index is 437. The van der Waals surface area contributed by atoms with Crippen molar-refractivity contribution in [3.8, 4) is 0 Å². The average molecular weight is 285 g/mol. The quantitative estimate of drug-likeness (QED) is 0.817. The number of carbonyl (C=O) groups is 1. The smallest absolute Gasteiger partial charge is 0.222 e. The maximum atomic E-state index is 12.0. The van der Waals surface area contributed by atoms with Gasteiger partial charge in [0.25, 0.3) is 0 Å². The number of amides is 1. The normalized spacial score (nSPS) is 12.2. The molecule has 0 aliphatic rings. The van der Waals surface area contributed by atoms with Gasteiger partial charge in [0.15, 0.2) is 0 Å². The van der Waals surface area contributed by atoms with Gasteiger partial charge in [-0.3, -0.25) is 4.79 Å². The van der Waals surface area contributed by atoms with Crippen molar-refractivity contribution >= 4 is 23.2 Å². The number of nitrogens with zero attached hydrogens (tertiary/aromatic N) is 1. The molecule has 1 atom stereocenters. The van der Waals surface area contributed by atoms with Gasteiger partial charge in [-0.15, -0.1) is 0 Å². The summed E-state index contributed by atoms with van der Waals surface area (Å²) in [6, 6.07) is 5.29. The largest absolute Gasteiger partial charge is 0.399 e. The monoisotopic (exact) mass is 284 g/mol. The van der Waals surface area contributed by atoms with Crippen molar-refractivity contribution in [2.45, 2.75) is 19.9 Å². The first kappa shape index (κ1) is 15.8. The van der Waals surface area contributed by atoms with Crippen LogP contribution in [0.5, 0.6) is 0 Å². The minimum absolute atomic E-state index is 0.0723. The zero-order valence-electron chi connectivity index (χ0n) is 11.6. The van der Waals surface area contributed by atoms with Gasteiger partial charge in [0.1, 0.15) is 0 Å². The van der Waals surface area contributed by atoms with Gasteiger partial charge in [0, 0.05) is 44.4 Å². The molecule has 0 spiro atoms. The van der Waals surface area contributed by atoms with Crippen LogP contribution in [0.4, 0.5) is 5.69 Å². The molecule has 0 radical (unpaired) electrons. The summed E-state index contributed by atoms with van der Waals surface area (Å²) in [4.78, 5) is 13.7. The number of ether oxygens (including phenoxy) is 1. The first-order valence-electron chi connectivity index (χ1n) is 6.20. The highest BCUT2D eigenvalue weighted by Crippen LogP contribution is 2.20. The Morgan fingerprint density at radius 1 is 1.53 bits per heavy atom. The highest BCUT2D eigenvalue weighted by molar-refractivity contribution is 6.31. The molecular formula is C14H21ClN2O2. The summed E-state index contributed by atoms with van der Waals surface area (Å²) in [6.45, 7) is 3.03. The van der Waals surface area contributed by atoms with Gasteiger partial charge in [0.05, 0.1) is 0 Å². The van der Waals surface area contributed by atoms with Crippen LogP contribution in [0.15, 0.2) is 18.2 Å². The number of carbonyl (C=O) groups excluding carboxylic acids is 1. The number of nitrogens with two attached hydrogens (primary N) is 1. The first-order valence-corrected chi connectivity index (χ1v) is 6.58. The second kappa shape index (κ2) is 7.36. The van der Waals surface area contributed by atoms with E-state index in [9.17, 15) is 4.79 Å². The molecule has 1 aromatic carbocycles. The summed E-state index contributed by atoms with van der Waals surface area (Å²) < 4.78 is 5.03. The Kier molecular flexibility index (Phi) is 6.12. The lowest BCUT2D eigenvalue weighted by Crippen LogP contribution is -2.28. The molecule has 0 saturated heterocycles. The number of hydrogen-bond acceptors (Lipinski definition) is 3. The van der Waals surface area contributed by atoms with Crippen LogP contribution < -0.4 is 5.73 Å². The van der Waals surface area contributed by atoms with E-state index in [4.69, 9.17) is 22.1 Å². The molecule has 0 aliphatic carbocycles. The van der Waals surface area contributed by atoms with E-state index in [-0.39, 0.29) is 11.8 Å². The van der Waals surface area contributed by atoms with E-state index in [1.807, 2.05) is 6.92 Å².